The Kier molecular flexibility index (Phi) is 7.24. The third kappa shape index (κ3) is 5.80. The lowest BCUT2D eigenvalue weighted by atomic mass is 9.99. The summed E-state index contributed by atoms with van der Waals surface area (Å²) in [6.07, 6.45) is 3.49. The smallest absolute Gasteiger partial charge is 0.253 e. The van der Waals surface area contributed by atoms with Crippen LogP contribution in [0.3, 0.4) is 0 Å². The zero-order valence-corrected chi connectivity index (χ0v) is 15.4. The van der Waals surface area contributed by atoms with E-state index in [1.807, 2.05) is 26.8 Å². The molecule has 4 N–H and O–H groups in total. The van der Waals surface area contributed by atoms with E-state index < -0.39 is 0 Å². The summed E-state index contributed by atoms with van der Waals surface area (Å²) in [5.41, 5.74) is 6.72. The van der Waals surface area contributed by atoms with Crippen LogP contribution in [0.4, 0.5) is 5.69 Å². The number of nitrogens with one attached hydrogen (secondary N) is 2. The predicted octanol–water partition coefficient (Wildman–Crippen LogP) is 3.09. The second kappa shape index (κ2) is 8.49. The molecule has 0 unspecified atom stereocenters. The van der Waals surface area contributed by atoms with Crippen molar-refractivity contribution in [3.05, 3.63) is 29.8 Å². The summed E-state index contributed by atoms with van der Waals surface area (Å²) in [5, 5.41) is 5.79. The fourth-order valence-corrected chi connectivity index (χ4v) is 2.96. The number of carbonyl (C=O) groups excluding carboxylic acids is 2. The number of hydrogen-bond donors (Lipinski definition) is 3. The van der Waals surface area contributed by atoms with Crippen LogP contribution >= 0.6 is 12.4 Å². The molecule has 0 saturated heterocycles. The lowest BCUT2D eigenvalue weighted by Gasteiger charge is -2.22. The molecule has 1 fully saturated rings. The molecule has 1 aromatic carbocycles. The van der Waals surface area contributed by atoms with Crippen LogP contribution in [0.2, 0.25) is 0 Å². The molecule has 0 bridgehead atoms. The molecule has 1 saturated carbocycles. The Morgan fingerprint density at radius 2 is 1.88 bits per heavy atom. The molecule has 2 amide bonds. The van der Waals surface area contributed by atoms with Crippen LogP contribution in [0, 0.1) is 5.92 Å². The fraction of sp³-hybridized carbons (Fsp3) is 0.556. The third-order valence-electron chi connectivity index (χ3n) is 4.10. The minimum absolute atomic E-state index is 0. The topological polar surface area (TPSA) is 84.2 Å². The number of amides is 2. The second-order valence-electron chi connectivity index (χ2n) is 7.36. The second-order valence-corrected chi connectivity index (χ2v) is 7.36. The fourth-order valence-electron chi connectivity index (χ4n) is 2.96. The third-order valence-corrected chi connectivity index (χ3v) is 4.10. The Bertz CT molecular complexity index is 584. The number of halogens is 1. The van der Waals surface area contributed by atoms with E-state index in [1.165, 1.54) is 0 Å². The van der Waals surface area contributed by atoms with Gasteiger partial charge in [-0.3, -0.25) is 9.59 Å². The van der Waals surface area contributed by atoms with Gasteiger partial charge in [-0.1, -0.05) is 18.6 Å². The van der Waals surface area contributed by atoms with E-state index in [-0.39, 0.29) is 41.7 Å². The quantitative estimate of drug-likeness (QED) is 0.777. The average molecular weight is 354 g/mol. The summed E-state index contributed by atoms with van der Waals surface area (Å²) in [7, 11) is 0. The minimum atomic E-state index is -0.329. The van der Waals surface area contributed by atoms with Crippen molar-refractivity contribution < 1.29 is 9.59 Å². The van der Waals surface area contributed by atoms with Crippen molar-refractivity contribution in [2.75, 3.05) is 5.32 Å². The molecule has 0 radical (unpaired) electrons. The predicted molar refractivity (Wildman–Crippen MR) is 99.5 cm³/mol. The molecule has 1 aliphatic rings. The van der Waals surface area contributed by atoms with Crippen molar-refractivity contribution in [2.24, 2.45) is 11.7 Å². The van der Waals surface area contributed by atoms with E-state index in [0.29, 0.717) is 17.7 Å². The van der Waals surface area contributed by atoms with Gasteiger partial charge in [-0.25, -0.2) is 0 Å². The molecule has 5 nitrogen and oxygen atoms in total. The highest BCUT2D eigenvalue weighted by Gasteiger charge is 2.26. The first kappa shape index (κ1) is 20.5. The highest BCUT2D eigenvalue weighted by Crippen LogP contribution is 2.27. The first-order chi connectivity index (χ1) is 10.8. The number of anilines is 1. The maximum Gasteiger partial charge on any atom is 0.253 e. The normalized spacial score (nSPS) is 20.2. The van der Waals surface area contributed by atoms with Gasteiger partial charge in [-0.05, 0) is 51.7 Å². The molecule has 1 aromatic rings. The lowest BCUT2D eigenvalue weighted by Crippen LogP contribution is -2.41. The molecule has 6 heteroatoms. The lowest BCUT2D eigenvalue weighted by molar-refractivity contribution is -0.117. The minimum Gasteiger partial charge on any atom is -0.347 e. The van der Waals surface area contributed by atoms with Crippen LogP contribution in [-0.2, 0) is 4.79 Å². The molecule has 0 heterocycles. The van der Waals surface area contributed by atoms with E-state index in [4.69, 9.17) is 5.73 Å². The standard InChI is InChI=1S/C18H27N3O2.ClH/c1-18(2,3)21-17(23)13-8-4-5-10-15(13)20-16(22)11-12-7-6-9-14(12)19;/h4-5,8,10,12,14H,6-7,9,11,19H2,1-3H3,(H,20,22)(H,21,23);1H/t12-,14+;/m0./s1. The summed E-state index contributed by atoms with van der Waals surface area (Å²) < 4.78 is 0. The van der Waals surface area contributed by atoms with Gasteiger partial charge in [0, 0.05) is 18.0 Å². The zero-order chi connectivity index (χ0) is 17.0. The maximum absolute atomic E-state index is 12.4. The van der Waals surface area contributed by atoms with Crippen LogP contribution < -0.4 is 16.4 Å². The highest BCUT2D eigenvalue weighted by atomic mass is 35.5. The molecular weight excluding hydrogens is 326 g/mol. The van der Waals surface area contributed by atoms with E-state index in [1.54, 1.807) is 18.2 Å². The molecule has 2 atom stereocenters. The highest BCUT2D eigenvalue weighted by molar-refractivity contribution is 6.04. The van der Waals surface area contributed by atoms with Gasteiger partial charge in [0.25, 0.3) is 5.91 Å². The Labute approximate surface area is 150 Å². The summed E-state index contributed by atoms with van der Waals surface area (Å²) in [5.74, 6) is -0.0279. The summed E-state index contributed by atoms with van der Waals surface area (Å²) in [6.45, 7) is 5.77. The van der Waals surface area contributed by atoms with E-state index in [9.17, 15) is 9.59 Å². The molecule has 134 valence electrons. The van der Waals surface area contributed by atoms with Gasteiger partial charge in [0.15, 0.2) is 0 Å². The van der Waals surface area contributed by atoms with Gasteiger partial charge in [0.2, 0.25) is 5.91 Å². The van der Waals surface area contributed by atoms with Crippen molar-refractivity contribution in [1.29, 1.82) is 0 Å². The Balaban J connectivity index is 0.00000288. The zero-order valence-electron chi connectivity index (χ0n) is 14.6. The molecule has 1 aliphatic carbocycles. The first-order valence-corrected chi connectivity index (χ1v) is 8.23. The molecule has 2 rings (SSSR count). The number of nitrogens with two attached hydrogens (primary N) is 1. The number of benzene rings is 1. The van der Waals surface area contributed by atoms with Crippen molar-refractivity contribution in [3.63, 3.8) is 0 Å². The number of para-hydroxylation sites is 1. The first-order valence-electron chi connectivity index (χ1n) is 8.23. The Morgan fingerprint density at radius 3 is 2.46 bits per heavy atom. The van der Waals surface area contributed by atoms with Crippen LogP contribution in [0.15, 0.2) is 24.3 Å². The van der Waals surface area contributed by atoms with E-state index >= 15 is 0 Å². The van der Waals surface area contributed by atoms with Gasteiger partial charge >= 0.3 is 0 Å². The largest absolute Gasteiger partial charge is 0.347 e. The molecular formula is C18H28ClN3O2. The summed E-state index contributed by atoms with van der Waals surface area (Å²) in [6, 6.07) is 7.19. The van der Waals surface area contributed by atoms with Gasteiger partial charge < -0.3 is 16.4 Å². The van der Waals surface area contributed by atoms with Crippen LogP contribution in [0.25, 0.3) is 0 Å². The van der Waals surface area contributed by atoms with Gasteiger partial charge in [0.05, 0.1) is 11.3 Å². The van der Waals surface area contributed by atoms with Crippen LogP contribution in [0.1, 0.15) is 56.8 Å². The Morgan fingerprint density at radius 1 is 1.21 bits per heavy atom. The van der Waals surface area contributed by atoms with Crippen molar-refractivity contribution >= 4 is 29.9 Å². The van der Waals surface area contributed by atoms with Crippen molar-refractivity contribution in [2.45, 2.75) is 58.0 Å². The monoisotopic (exact) mass is 353 g/mol. The van der Waals surface area contributed by atoms with Gasteiger partial charge in [0.1, 0.15) is 0 Å². The van der Waals surface area contributed by atoms with Crippen LogP contribution in [0.5, 0.6) is 0 Å². The number of hydrogen-bond acceptors (Lipinski definition) is 3. The molecule has 0 aromatic heterocycles. The summed E-state index contributed by atoms with van der Waals surface area (Å²) in [4.78, 5) is 24.7. The maximum atomic E-state index is 12.4. The molecule has 0 aliphatic heterocycles. The van der Waals surface area contributed by atoms with Crippen LogP contribution in [-0.4, -0.2) is 23.4 Å². The number of carbonyl (C=O) groups is 2. The van der Waals surface area contributed by atoms with Gasteiger partial charge in [-0.15, -0.1) is 12.4 Å². The Hall–Kier alpha value is -1.59. The molecule has 24 heavy (non-hydrogen) atoms. The summed E-state index contributed by atoms with van der Waals surface area (Å²) >= 11 is 0. The SMILES string of the molecule is CC(C)(C)NC(=O)c1ccccc1NC(=O)C[C@@H]1CCC[C@H]1N.Cl. The van der Waals surface area contributed by atoms with Gasteiger partial charge in [-0.2, -0.15) is 0 Å². The molecule has 0 spiro atoms. The number of rotatable bonds is 4. The van der Waals surface area contributed by atoms with E-state index in [2.05, 4.69) is 10.6 Å². The van der Waals surface area contributed by atoms with E-state index in [0.717, 1.165) is 19.3 Å². The van der Waals surface area contributed by atoms with Crippen molar-refractivity contribution in [3.8, 4) is 0 Å². The van der Waals surface area contributed by atoms with Crippen molar-refractivity contribution in [1.82, 2.24) is 5.32 Å². The average Bonchev–Trinajstić information content (AvgIpc) is 2.82.